The maximum Gasteiger partial charge on any atom is 0.328 e. The van der Waals surface area contributed by atoms with E-state index in [-0.39, 0.29) is 19.6 Å². The predicted octanol–water partition coefficient (Wildman–Crippen LogP) is -3.75. The van der Waals surface area contributed by atoms with E-state index >= 15 is 0 Å². The molecular weight excluding hydrogens is 338 g/mol. The molecule has 1 atom stereocenters. The first kappa shape index (κ1) is 22.3. The molecule has 0 fully saturated rings. The number of nitrogens with two attached hydrogens (primary N) is 1. The zero-order chi connectivity index (χ0) is 19.4. The number of carbonyl (C=O) groups is 5. The molecule has 0 bridgehead atoms. The highest BCUT2D eigenvalue weighted by Crippen LogP contribution is 1.98. The van der Waals surface area contributed by atoms with E-state index in [0.717, 1.165) is 4.90 Å². The van der Waals surface area contributed by atoms with Crippen molar-refractivity contribution < 1.29 is 33.5 Å². The summed E-state index contributed by atoms with van der Waals surface area (Å²) in [4.78, 5) is 62.3. The van der Waals surface area contributed by atoms with Gasteiger partial charge in [0.2, 0.25) is 23.6 Å². The van der Waals surface area contributed by atoms with Crippen molar-refractivity contribution in [3.63, 3.8) is 0 Å². The zero-order valence-electron chi connectivity index (χ0n) is 14.3. The average molecular weight is 361 g/mol. The summed E-state index contributed by atoms with van der Waals surface area (Å²) in [6.45, 7) is -0.000289. The van der Waals surface area contributed by atoms with Gasteiger partial charge in [-0.3, -0.25) is 24.0 Å². The van der Waals surface area contributed by atoms with Crippen molar-refractivity contribution in [2.75, 3.05) is 40.4 Å². The van der Waals surface area contributed by atoms with Crippen molar-refractivity contribution in [3.05, 3.63) is 0 Å². The Hall–Kier alpha value is -2.73. The molecule has 1 unspecified atom stereocenters. The lowest BCUT2D eigenvalue weighted by atomic mass is 10.3. The summed E-state index contributed by atoms with van der Waals surface area (Å²) < 4.78 is 4.52. The third-order valence-corrected chi connectivity index (χ3v) is 3.06. The van der Waals surface area contributed by atoms with Crippen LogP contribution < -0.4 is 21.8 Å². The van der Waals surface area contributed by atoms with Gasteiger partial charge in [0.1, 0.15) is 12.6 Å². The lowest BCUT2D eigenvalue weighted by Gasteiger charge is -2.22. The Bertz CT molecular complexity index is 511. The molecule has 0 aromatic carbocycles. The molecule has 25 heavy (non-hydrogen) atoms. The van der Waals surface area contributed by atoms with Gasteiger partial charge in [-0.25, -0.2) is 10.7 Å². The van der Waals surface area contributed by atoms with Crippen LogP contribution in [0.2, 0.25) is 0 Å². The van der Waals surface area contributed by atoms with Gasteiger partial charge in [-0.2, -0.15) is 0 Å². The quantitative estimate of drug-likeness (QED) is 0.227. The van der Waals surface area contributed by atoms with E-state index in [9.17, 15) is 24.0 Å². The molecule has 12 heteroatoms. The lowest BCUT2D eigenvalue weighted by molar-refractivity contribution is -0.150. The van der Waals surface area contributed by atoms with Crippen LogP contribution in [0.4, 0.5) is 0 Å². The molecule has 0 aliphatic carbocycles. The third-order valence-electron chi connectivity index (χ3n) is 3.06. The summed E-state index contributed by atoms with van der Waals surface area (Å²) in [6, 6.07) is -0.796. The van der Waals surface area contributed by atoms with E-state index in [1.54, 1.807) is 0 Å². The number of nitrogens with zero attached hydrogens (tertiary/aromatic N) is 1. The molecule has 0 aromatic rings. The molecule has 0 radical (unpaired) electrons. The molecule has 5 N–H and O–H groups in total. The molecule has 12 nitrogen and oxygen atoms in total. The van der Waals surface area contributed by atoms with Crippen LogP contribution in [0.5, 0.6) is 0 Å². The van der Waals surface area contributed by atoms with Gasteiger partial charge >= 0.3 is 5.97 Å². The summed E-state index contributed by atoms with van der Waals surface area (Å²) in [7, 11) is 2.60. The number of esters is 1. The minimum atomic E-state index is -0.796. The first-order chi connectivity index (χ1) is 11.7. The molecule has 0 heterocycles. The second-order valence-electron chi connectivity index (χ2n) is 4.84. The van der Waals surface area contributed by atoms with Crippen molar-refractivity contribution in [1.29, 1.82) is 0 Å². The van der Waals surface area contributed by atoms with Crippen LogP contribution in [0.15, 0.2) is 0 Å². The Kier molecular flexibility index (Phi) is 10.5. The van der Waals surface area contributed by atoms with E-state index in [1.165, 1.54) is 21.1 Å². The molecule has 0 spiro atoms. The highest BCUT2D eigenvalue weighted by atomic mass is 16.6. The molecule has 0 aromatic heterocycles. The minimum Gasteiger partial charge on any atom is -0.467 e. The first-order valence-electron chi connectivity index (χ1n) is 7.18. The smallest absolute Gasteiger partial charge is 0.328 e. The van der Waals surface area contributed by atoms with E-state index < -0.39 is 42.2 Å². The van der Waals surface area contributed by atoms with Gasteiger partial charge in [0.05, 0.1) is 26.7 Å². The molecule has 0 saturated heterocycles. The second-order valence-corrected chi connectivity index (χ2v) is 4.84. The summed E-state index contributed by atoms with van der Waals surface area (Å²) in [5, 5.41) is 6.75. The zero-order valence-corrected chi connectivity index (χ0v) is 14.3. The van der Waals surface area contributed by atoms with Gasteiger partial charge in [-0.05, 0) is 6.92 Å². The van der Waals surface area contributed by atoms with Crippen molar-refractivity contribution in [1.82, 2.24) is 20.9 Å². The minimum absolute atomic E-state index is 0.350. The Morgan fingerprint density at radius 1 is 0.960 bits per heavy atom. The largest absolute Gasteiger partial charge is 0.467 e. The third kappa shape index (κ3) is 9.22. The monoisotopic (exact) mass is 361 g/mol. The van der Waals surface area contributed by atoms with Gasteiger partial charge < -0.3 is 25.6 Å². The van der Waals surface area contributed by atoms with Crippen LogP contribution in [-0.2, 0) is 33.5 Å². The molecule has 0 aliphatic rings. The van der Waals surface area contributed by atoms with E-state index in [2.05, 4.69) is 31.4 Å². The molecule has 0 saturated carbocycles. The topological polar surface area (TPSA) is 169 Å². The summed E-state index contributed by atoms with van der Waals surface area (Å²) in [5.41, 5.74) is 0. The van der Waals surface area contributed by atoms with Gasteiger partial charge in [-0.1, -0.05) is 0 Å². The Morgan fingerprint density at radius 3 is 1.92 bits per heavy atom. The highest BCUT2D eigenvalue weighted by molar-refractivity contribution is 5.91. The number of carbonyl (C=O) groups excluding carboxylic acids is 5. The number of likely N-dealkylation sites (N-methyl/N-ethyl adjacent to an activating group) is 1. The number of ether oxygens (including phenoxy) is 1. The van der Waals surface area contributed by atoms with Crippen LogP contribution in [0, 0.1) is 0 Å². The maximum absolute atomic E-state index is 11.8. The number of rotatable bonds is 10. The molecule has 4 amide bonds. The van der Waals surface area contributed by atoms with Crippen molar-refractivity contribution in [3.8, 4) is 0 Å². The van der Waals surface area contributed by atoms with Crippen LogP contribution in [-0.4, -0.2) is 80.9 Å². The standard InChI is InChI=1S/C13H23N5O7/c1-8(13(23)24-3)18(2)12(22)6-17-10(20)4-15-9(19)5-16-11(21)7-25-14/h8H,4-7,14H2,1-3H3,(H,15,19)(H,16,21)(H,17,20). The maximum atomic E-state index is 11.8. The van der Waals surface area contributed by atoms with Gasteiger partial charge in [0.25, 0.3) is 0 Å². The fourth-order valence-corrected chi connectivity index (χ4v) is 1.45. The van der Waals surface area contributed by atoms with E-state index in [1.807, 2.05) is 0 Å². The summed E-state index contributed by atoms with van der Waals surface area (Å²) in [6.07, 6.45) is 0. The Balaban J connectivity index is 4.07. The summed E-state index contributed by atoms with van der Waals surface area (Å²) >= 11 is 0. The molecule has 0 aliphatic heterocycles. The van der Waals surface area contributed by atoms with Crippen molar-refractivity contribution >= 4 is 29.6 Å². The van der Waals surface area contributed by atoms with Crippen LogP contribution >= 0.6 is 0 Å². The molecular formula is C13H23N5O7. The normalized spacial score (nSPS) is 11.0. The number of hydrogen-bond acceptors (Lipinski definition) is 8. The summed E-state index contributed by atoms with van der Waals surface area (Å²) in [5.74, 6) is 1.78. The van der Waals surface area contributed by atoms with Crippen LogP contribution in [0.25, 0.3) is 0 Å². The van der Waals surface area contributed by atoms with Crippen molar-refractivity contribution in [2.45, 2.75) is 13.0 Å². The molecule has 0 rings (SSSR count). The SMILES string of the molecule is COC(=O)C(C)N(C)C(=O)CNC(=O)CNC(=O)CNC(=O)CON. The average Bonchev–Trinajstić information content (AvgIpc) is 2.60. The van der Waals surface area contributed by atoms with Crippen LogP contribution in [0.3, 0.4) is 0 Å². The number of amides is 4. The Labute approximate surface area is 144 Å². The number of nitrogens with one attached hydrogen (secondary N) is 3. The fourth-order valence-electron chi connectivity index (χ4n) is 1.45. The molecule has 142 valence electrons. The van der Waals surface area contributed by atoms with Gasteiger partial charge in [0.15, 0.2) is 0 Å². The van der Waals surface area contributed by atoms with E-state index in [0.29, 0.717) is 0 Å². The predicted molar refractivity (Wildman–Crippen MR) is 83.4 cm³/mol. The van der Waals surface area contributed by atoms with Crippen LogP contribution in [0.1, 0.15) is 6.92 Å². The number of hydrogen-bond donors (Lipinski definition) is 4. The van der Waals surface area contributed by atoms with E-state index in [4.69, 9.17) is 0 Å². The lowest BCUT2D eigenvalue weighted by Crippen LogP contribution is -2.47. The Morgan fingerprint density at radius 2 is 1.44 bits per heavy atom. The van der Waals surface area contributed by atoms with Gasteiger partial charge in [-0.15, -0.1) is 0 Å². The number of methoxy groups -OCH3 is 1. The van der Waals surface area contributed by atoms with Gasteiger partial charge in [0, 0.05) is 7.05 Å². The second kappa shape index (κ2) is 11.8. The fraction of sp³-hybridized carbons (Fsp3) is 0.615. The highest BCUT2D eigenvalue weighted by Gasteiger charge is 2.23. The van der Waals surface area contributed by atoms with Crippen molar-refractivity contribution in [2.24, 2.45) is 5.90 Å². The first-order valence-corrected chi connectivity index (χ1v) is 7.18.